The van der Waals surface area contributed by atoms with Crippen LogP contribution in [0.15, 0.2) is 91.0 Å². The van der Waals surface area contributed by atoms with Crippen LogP contribution in [0.25, 0.3) is 0 Å². The van der Waals surface area contributed by atoms with Crippen molar-refractivity contribution >= 4 is 17.7 Å². The number of hydrogen-bond acceptors (Lipinski definition) is 4. The Morgan fingerprint density at radius 3 is 1.89 bits per heavy atom. The highest BCUT2D eigenvalue weighted by molar-refractivity contribution is 6.36. The van der Waals surface area contributed by atoms with Crippen LogP contribution in [-0.2, 0) is 20.9 Å². The van der Waals surface area contributed by atoms with E-state index < -0.39 is 23.7 Å². The van der Waals surface area contributed by atoms with Crippen LogP contribution >= 0.6 is 0 Å². The number of ketones is 1. The molecule has 3 aromatic rings. The topological polar surface area (TPSA) is 72.5 Å². The third-order valence-electron chi connectivity index (χ3n) is 4.12. The Bertz CT molecular complexity index is 940. The van der Waals surface area contributed by atoms with Gasteiger partial charge in [-0.3, -0.25) is 9.59 Å². The van der Waals surface area contributed by atoms with Crippen molar-refractivity contribution in [3.8, 4) is 0 Å². The maximum Gasteiger partial charge on any atom is 0.377 e. The van der Waals surface area contributed by atoms with E-state index in [-0.39, 0.29) is 6.61 Å². The number of benzene rings is 3. The average molecular weight is 373 g/mol. The lowest BCUT2D eigenvalue weighted by atomic mass is 10.0. The fourth-order valence-corrected chi connectivity index (χ4v) is 2.66. The molecule has 5 nitrogen and oxygen atoms in total. The minimum Gasteiger partial charge on any atom is -0.455 e. The summed E-state index contributed by atoms with van der Waals surface area (Å²) in [5, 5.41) is 2.64. The predicted molar refractivity (Wildman–Crippen MR) is 104 cm³/mol. The first-order chi connectivity index (χ1) is 13.6. The van der Waals surface area contributed by atoms with Crippen molar-refractivity contribution in [2.45, 2.75) is 12.6 Å². The lowest BCUT2D eigenvalue weighted by Crippen LogP contribution is -2.37. The summed E-state index contributed by atoms with van der Waals surface area (Å²) in [4.78, 5) is 37.6. The molecule has 0 saturated carbocycles. The molecule has 0 aliphatic heterocycles. The number of rotatable bonds is 7. The lowest BCUT2D eigenvalue weighted by molar-refractivity contribution is -0.155. The van der Waals surface area contributed by atoms with Crippen LogP contribution in [0.5, 0.6) is 0 Å². The number of hydrogen-bond donors (Lipinski definition) is 1. The van der Waals surface area contributed by atoms with Crippen molar-refractivity contribution in [1.29, 1.82) is 0 Å². The molecule has 0 radical (unpaired) electrons. The highest BCUT2D eigenvalue weighted by Gasteiger charge is 2.30. The summed E-state index contributed by atoms with van der Waals surface area (Å²) >= 11 is 0. The Kier molecular flexibility index (Phi) is 6.31. The molecule has 0 spiro atoms. The second-order valence-corrected chi connectivity index (χ2v) is 6.11. The number of amides is 1. The van der Waals surface area contributed by atoms with Gasteiger partial charge < -0.3 is 10.1 Å². The molecular formula is C23H19NO4. The van der Waals surface area contributed by atoms with Crippen molar-refractivity contribution in [2.24, 2.45) is 0 Å². The fourth-order valence-electron chi connectivity index (χ4n) is 2.66. The Morgan fingerprint density at radius 2 is 1.29 bits per heavy atom. The molecule has 3 aromatic carbocycles. The molecule has 0 heterocycles. The number of esters is 1. The van der Waals surface area contributed by atoms with E-state index in [9.17, 15) is 14.4 Å². The molecule has 28 heavy (non-hydrogen) atoms. The normalized spacial score (nSPS) is 11.3. The minimum absolute atomic E-state index is 0.0143. The first-order valence-electron chi connectivity index (χ1n) is 8.81. The Hall–Kier alpha value is -3.73. The largest absolute Gasteiger partial charge is 0.455 e. The third-order valence-corrected chi connectivity index (χ3v) is 4.12. The minimum atomic E-state index is -1.13. The van der Waals surface area contributed by atoms with Crippen molar-refractivity contribution < 1.29 is 19.1 Å². The molecule has 5 heteroatoms. The van der Waals surface area contributed by atoms with Crippen molar-refractivity contribution in [3.05, 3.63) is 108 Å². The summed E-state index contributed by atoms with van der Waals surface area (Å²) in [6.07, 6.45) is 0. The molecule has 140 valence electrons. The van der Waals surface area contributed by atoms with Gasteiger partial charge in [-0.1, -0.05) is 78.9 Å². The molecule has 0 aromatic heterocycles. The number of ether oxygens (including phenoxy) is 1. The van der Waals surface area contributed by atoms with Gasteiger partial charge >= 0.3 is 5.97 Å². The maximum atomic E-state index is 12.7. The molecule has 3 rings (SSSR count). The maximum absolute atomic E-state index is 12.7. The van der Waals surface area contributed by atoms with Gasteiger partial charge in [-0.15, -0.1) is 0 Å². The highest BCUT2D eigenvalue weighted by Crippen LogP contribution is 2.16. The van der Waals surface area contributed by atoms with Gasteiger partial charge in [0.25, 0.3) is 11.7 Å². The van der Waals surface area contributed by atoms with E-state index in [0.717, 1.165) is 5.56 Å². The molecule has 1 unspecified atom stereocenters. The van der Waals surface area contributed by atoms with Gasteiger partial charge in [0.1, 0.15) is 12.6 Å². The molecule has 1 amide bonds. The van der Waals surface area contributed by atoms with E-state index in [2.05, 4.69) is 5.32 Å². The smallest absolute Gasteiger partial charge is 0.377 e. The van der Waals surface area contributed by atoms with Gasteiger partial charge in [-0.05, 0) is 23.3 Å². The molecule has 1 N–H and O–H groups in total. The molecule has 0 bridgehead atoms. The summed E-state index contributed by atoms with van der Waals surface area (Å²) in [6.45, 7) is -0.0143. The molecule has 0 aliphatic carbocycles. The van der Waals surface area contributed by atoms with E-state index in [0.29, 0.717) is 11.1 Å². The zero-order valence-corrected chi connectivity index (χ0v) is 15.1. The summed E-state index contributed by atoms with van der Waals surface area (Å²) in [5.74, 6) is -2.27. The zero-order valence-electron chi connectivity index (χ0n) is 15.1. The molecule has 0 saturated heterocycles. The van der Waals surface area contributed by atoms with Crippen LogP contribution in [0, 0.1) is 0 Å². The van der Waals surface area contributed by atoms with Crippen LogP contribution in [0.4, 0.5) is 0 Å². The number of carbonyl (C=O) groups excluding carboxylic acids is 3. The number of Topliss-reactive ketones (excluding diaryl/α,β-unsaturated/α-hetero) is 1. The Morgan fingerprint density at radius 1 is 0.750 bits per heavy atom. The van der Waals surface area contributed by atoms with Crippen LogP contribution in [-0.4, -0.2) is 17.7 Å². The van der Waals surface area contributed by atoms with Gasteiger partial charge in [-0.2, -0.15) is 0 Å². The summed E-state index contributed by atoms with van der Waals surface area (Å²) < 4.78 is 5.14. The van der Waals surface area contributed by atoms with E-state index in [1.807, 2.05) is 18.2 Å². The first kappa shape index (κ1) is 19.0. The van der Waals surface area contributed by atoms with Crippen molar-refractivity contribution in [2.75, 3.05) is 0 Å². The molecular weight excluding hydrogens is 354 g/mol. The van der Waals surface area contributed by atoms with Gasteiger partial charge in [0.15, 0.2) is 0 Å². The van der Waals surface area contributed by atoms with Gasteiger partial charge in [0.2, 0.25) is 0 Å². The number of nitrogens with one attached hydrogen (secondary N) is 1. The summed E-state index contributed by atoms with van der Waals surface area (Å²) in [7, 11) is 0. The van der Waals surface area contributed by atoms with Gasteiger partial charge in [0, 0.05) is 5.56 Å². The van der Waals surface area contributed by atoms with Crippen LogP contribution in [0.2, 0.25) is 0 Å². The second-order valence-electron chi connectivity index (χ2n) is 6.11. The molecule has 0 fully saturated rings. The van der Waals surface area contributed by atoms with Crippen LogP contribution < -0.4 is 5.32 Å². The zero-order chi connectivity index (χ0) is 19.8. The number of carbonyl (C=O) groups is 3. The van der Waals surface area contributed by atoms with Gasteiger partial charge in [-0.25, -0.2) is 4.79 Å². The fraction of sp³-hybridized carbons (Fsp3) is 0.0870. The van der Waals surface area contributed by atoms with E-state index >= 15 is 0 Å². The monoisotopic (exact) mass is 373 g/mol. The molecule has 1 atom stereocenters. The Balaban J connectivity index is 1.75. The van der Waals surface area contributed by atoms with Crippen molar-refractivity contribution in [1.82, 2.24) is 5.32 Å². The average Bonchev–Trinajstić information content (AvgIpc) is 2.77. The van der Waals surface area contributed by atoms with Crippen LogP contribution in [0.1, 0.15) is 27.5 Å². The standard InChI is InChI=1S/C23H19NO4/c25-21(23(27)28-16-17-10-4-1-5-11-17)20(18-12-6-2-7-13-18)24-22(26)19-14-8-3-9-15-19/h1-15,20H,16H2,(H,24,26). The van der Waals surface area contributed by atoms with E-state index in [1.165, 1.54) is 0 Å². The Labute approximate surface area is 163 Å². The van der Waals surface area contributed by atoms with E-state index in [1.54, 1.807) is 72.8 Å². The molecule has 0 aliphatic rings. The highest BCUT2D eigenvalue weighted by atomic mass is 16.5. The summed E-state index contributed by atoms with van der Waals surface area (Å²) in [5.41, 5.74) is 1.68. The van der Waals surface area contributed by atoms with Gasteiger partial charge in [0.05, 0.1) is 0 Å². The predicted octanol–water partition coefficient (Wildman–Crippen LogP) is 3.47. The van der Waals surface area contributed by atoms with Crippen LogP contribution in [0.3, 0.4) is 0 Å². The first-order valence-corrected chi connectivity index (χ1v) is 8.81. The SMILES string of the molecule is O=C(OCc1ccccc1)C(=O)C(NC(=O)c1ccccc1)c1ccccc1. The lowest BCUT2D eigenvalue weighted by Gasteiger charge is -2.17. The van der Waals surface area contributed by atoms with E-state index in [4.69, 9.17) is 4.74 Å². The summed E-state index contributed by atoms with van der Waals surface area (Å²) in [6, 6.07) is 25.1. The third kappa shape index (κ3) is 4.92. The second kappa shape index (κ2) is 9.28. The quantitative estimate of drug-likeness (QED) is 0.508. The van der Waals surface area contributed by atoms with Crippen molar-refractivity contribution in [3.63, 3.8) is 0 Å².